The molecule has 0 amide bonds. The second kappa shape index (κ2) is 4.97. The van der Waals surface area contributed by atoms with Crippen molar-refractivity contribution in [1.29, 1.82) is 0 Å². The Balaban J connectivity index is 2.20. The van der Waals surface area contributed by atoms with Gasteiger partial charge in [0.2, 0.25) is 0 Å². The molecule has 2 unspecified atom stereocenters. The third-order valence-electron chi connectivity index (χ3n) is 3.95. The molecule has 0 fully saturated rings. The first kappa shape index (κ1) is 14.1. The van der Waals surface area contributed by atoms with Crippen LogP contribution in [0.4, 0.5) is 4.39 Å². The van der Waals surface area contributed by atoms with Crippen LogP contribution in [0.2, 0.25) is 0 Å². The first-order valence-electron chi connectivity index (χ1n) is 6.72. The molecular formula is C16H22FNO. The van der Waals surface area contributed by atoms with E-state index < -0.39 is 0 Å². The summed E-state index contributed by atoms with van der Waals surface area (Å²) in [6.07, 6.45) is 0.853. The van der Waals surface area contributed by atoms with Gasteiger partial charge in [0.25, 0.3) is 0 Å². The van der Waals surface area contributed by atoms with E-state index >= 15 is 0 Å². The maximum absolute atomic E-state index is 13.1. The highest BCUT2D eigenvalue weighted by atomic mass is 19.1. The lowest BCUT2D eigenvalue weighted by Crippen LogP contribution is -2.22. The minimum absolute atomic E-state index is 0.148. The molecule has 1 aromatic carbocycles. The molecule has 0 saturated heterocycles. The fourth-order valence-corrected chi connectivity index (χ4v) is 2.07. The molecule has 2 rings (SSSR count). The highest BCUT2D eigenvalue weighted by Crippen LogP contribution is 2.33. The molecular weight excluding hydrogens is 241 g/mol. The molecule has 0 bridgehead atoms. The molecule has 2 atom stereocenters. The number of fused-ring (bicyclic) bond motifs is 1. The van der Waals surface area contributed by atoms with Crippen molar-refractivity contribution in [2.45, 2.75) is 40.2 Å². The van der Waals surface area contributed by atoms with Crippen LogP contribution in [0.5, 0.6) is 0 Å². The third kappa shape index (κ3) is 3.16. The Morgan fingerprint density at radius 3 is 2.58 bits per heavy atom. The van der Waals surface area contributed by atoms with Gasteiger partial charge in [-0.25, -0.2) is 4.39 Å². The van der Waals surface area contributed by atoms with Crippen molar-refractivity contribution < 1.29 is 8.81 Å². The normalized spacial score (nSPS) is 15.7. The summed E-state index contributed by atoms with van der Waals surface area (Å²) in [5, 5.41) is 0.772. The average Bonchev–Trinajstić information content (AvgIpc) is 2.70. The topological polar surface area (TPSA) is 39.2 Å². The number of benzene rings is 1. The zero-order valence-corrected chi connectivity index (χ0v) is 12.0. The van der Waals surface area contributed by atoms with E-state index in [4.69, 9.17) is 10.2 Å². The van der Waals surface area contributed by atoms with Gasteiger partial charge in [-0.2, -0.15) is 0 Å². The molecule has 0 aliphatic heterocycles. The van der Waals surface area contributed by atoms with Gasteiger partial charge in [-0.05, 0) is 42.0 Å². The second-order valence-corrected chi connectivity index (χ2v) is 6.44. The van der Waals surface area contributed by atoms with Crippen LogP contribution >= 0.6 is 0 Å². The van der Waals surface area contributed by atoms with Crippen molar-refractivity contribution in [3.63, 3.8) is 0 Å². The monoisotopic (exact) mass is 263 g/mol. The lowest BCUT2D eigenvalue weighted by atomic mass is 9.78. The second-order valence-electron chi connectivity index (χ2n) is 6.44. The summed E-state index contributed by atoms with van der Waals surface area (Å²) in [5.41, 5.74) is 7.12. The van der Waals surface area contributed by atoms with E-state index in [-0.39, 0.29) is 17.3 Å². The molecule has 0 radical (unpaired) electrons. The van der Waals surface area contributed by atoms with E-state index in [0.717, 1.165) is 17.6 Å². The molecule has 2 N–H and O–H groups in total. The van der Waals surface area contributed by atoms with E-state index in [1.54, 1.807) is 6.07 Å². The summed E-state index contributed by atoms with van der Waals surface area (Å²) in [4.78, 5) is 0. The summed E-state index contributed by atoms with van der Waals surface area (Å²) in [6, 6.07) is 6.22. The SMILES string of the molecule is CC(CC(N)c1cc2cc(F)ccc2o1)C(C)(C)C. The number of hydrogen-bond donors (Lipinski definition) is 1. The molecule has 1 heterocycles. The largest absolute Gasteiger partial charge is 0.459 e. The molecule has 1 aromatic heterocycles. The molecule has 2 aromatic rings. The van der Waals surface area contributed by atoms with Gasteiger partial charge in [0.05, 0.1) is 6.04 Å². The van der Waals surface area contributed by atoms with E-state index in [1.807, 2.05) is 6.07 Å². The minimum atomic E-state index is -0.253. The third-order valence-corrected chi connectivity index (χ3v) is 3.95. The van der Waals surface area contributed by atoms with Gasteiger partial charge in [0.15, 0.2) is 0 Å². The van der Waals surface area contributed by atoms with E-state index in [1.165, 1.54) is 12.1 Å². The zero-order chi connectivity index (χ0) is 14.2. The first-order chi connectivity index (χ1) is 8.77. The summed E-state index contributed by atoms with van der Waals surface area (Å²) in [5.74, 6) is 0.959. The number of halogens is 1. The number of furan rings is 1. The van der Waals surface area contributed by atoms with Gasteiger partial charge in [-0.3, -0.25) is 0 Å². The number of nitrogens with two attached hydrogens (primary N) is 1. The quantitative estimate of drug-likeness (QED) is 0.875. The van der Waals surface area contributed by atoms with Crippen molar-refractivity contribution in [2.24, 2.45) is 17.1 Å². The van der Waals surface area contributed by atoms with Crippen LogP contribution in [0.1, 0.15) is 45.9 Å². The van der Waals surface area contributed by atoms with Gasteiger partial charge in [-0.1, -0.05) is 27.7 Å². The molecule has 2 nitrogen and oxygen atoms in total. The predicted molar refractivity (Wildman–Crippen MR) is 76.3 cm³/mol. The fourth-order valence-electron chi connectivity index (χ4n) is 2.07. The Labute approximate surface area is 113 Å². The lowest BCUT2D eigenvalue weighted by Gasteiger charge is -2.28. The number of rotatable bonds is 3. The van der Waals surface area contributed by atoms with Gasteiger partial charge in [0, 0.05) is 5.39 Å². The van der Waals surface area contributed by atoms with Crippen LogP contribution < -0.4 is 5.73 Å². The van der Waals surface area contributed by atoms with Crippen LogP contribution in [0.15, 0.2) is 28.7 Å². The van der Waals surface area contributed by atoms with Gasteiger partial charge in [0.1, 0.15) is 17.2 Å². The molecule has 0 spiro atoms. The highest BCUT2D eigenvalue weighted by molar-refractivity contribution is 5.77. The van der Waals surface area contributed by atoms with Gasteiger partial charge >= 0.3 is 0 Å². The molecule has 104 valence electrons. The minimum Gasteiger partial charge on any atom is -0.459 e. The van der Waals surface area contributed by atoms with Crippen LogP contribution in [0.3, 0.4) is 0 Å². The Hall–Kier alpha value is -1.35. The van der Waals surface area contributed by atoms with Crippen molar-refractivity contribution in [2.75, 3.05) is 0 Å². The smallest absolute Gasteiger partial charge is 0.134 e. The van der Waals surface area contributed by atoms with Crippen LogP contribution in [-0.4, -0.2) is 0 Å². The van der Waals surface area contributed by atoms with Gasteiger partial charge in [-0.15, -0.1) is 0 Å². The Bertz CT molecular complexity index is 568. The average molecular weight is 263 g/mol. The van der Waals surface area contributed by atoms with Crippen LogP contribution in [-0.2, 0) is 0 Å². The summed E-state index contributed by atoms with van der Waals surface area (Å²) in [6.45, 7) is 8.82. The Morgan fingerprint density at radius 2 is 1.95 bits per heavy atom. The van der Waals surface area contributed by atoms with Crippen LogP contribution in [0.25, 0.3) is 11.0 Å². The van der Waals surface area contributed by atoms with E-state index in [9.17, 15) is 4.39 Å². The lowest BCUT2D eigenvalue weighted by molar-refractivity contribution is 0.228. The highest BCUT2D eigenvalue weighted by Gasteiger charge is 2.24. The van der Waals surface area contributed by atoms with Crippen molar-refractivity contribution in [1.82, 2.24) is 0 Å². The molecule has 0 saturated carbocycles. The van der Waals surface area contributed by atoms with E-state index in [2.05, 4.69) is 27.7 Å². The predicted octanol–water partition coefficient (Wildman–Crippen LogP) is 4.64. The Kier molecular flexibility index (Phi) is 3.68. The molecule has 0 aliphatic rings. The standard InChI is InChI=1S/C16H22FNO/c1-10(16(2,3)4)7-13(18)15-9-11-8-12(17)5-6-14(11)19-15/h5-6,8-10,13H,7,18H2,1-4H3. The Morgan fingerprint density at radius 1 is 1.26 bits per heavy atom. The number of hydrogen-bond acceptors (Lipinski definition) is 2. The first-order valence-corrected chi connectivity index (χ1v) is 6.72. The van der Waals surface area contributed by atoms with Crippen molar-refractivity contribution >= 4 is 11.0 Å². The van der Waals surface area contributed by atoms with Gasteiger partial charge < -0.3 is 10.2 Å². The van der Waals surface area contributed by atoms with E-state index in [0.29, 0.717) is 11.5 Å². The summed E-state index contributed by atoms with van der Waals surface area (Å²) in [7, 11) is 0. The maximum atomic E-state index is 13.1. The summed E-state index contributed by atoms with van der Waals surface area (Å²) >= 11 is 0. The zero-order valence-electron chi connectivity index (χ0n) is 12.0. The molecule has 3 heteroatoms. The fraction of sp³-hybridized carbons (Fsp3) is 0.500. The molecule has 0 aliphatic carbocycles. The maximum Gasteiger partial charge on any atom is 0.134 e. The van der Waals surface area contributed by atoms with Crippen molar-refractivity contribution in [3.8, 4) is 0 Å². The molecule has 19 heavy (non-hydrogen) atoms. The van der Waals surface area contributed by atoms with Crippen LogP contribution in [0, 0.1) is 17.2 Å². The summed E-state index contributed by atoms with van der Waals surface area (Å²) < 4.78 is 18.8. The van der Waals surface area contributed by atoms with Crippen molar-refractivity contribution in [3.05, 3.63) is 35.8 Å².